The predicted molar refractivity (Wildman–Crippen MR) is 208 cm³/mol. The van der Waals surface area contributed by atoms with Gasteiger partial charge in [0.25, 0.3) is 0 Å². The van der Waals surface area contributed by atoms with Crippen LogP contribution in [0.25, 0.3) is 26.4 Å². The third-order valence-corrected chi connectivity index (χ3v) is 9.22. The fourth-order valence-electron chi connectivity index (χ4n) is 6.55. The topological polar surface area (TPSA) is 104 Å². The van der Waals surface area contributed by atoms with Crippen LogP contribution < -0.4 is 0 Å². The first-order valence-corrected chi connectivity index (χ1v) is 16.7. The summed E-state index contributed by atoms with van der Waals surface area (Å²) < 4.78 is 0. The molecule has 6 aromatic carbocycles. The lowest BCUT2D eigenvalue weighted by Gasteiger charge is -2.10. The Morgan fingerprint density at radius 3 is 0.667 bits per heavy atom. The normalized spacial score (nSPS) is 13.1. The molecule has 0 spiro atoms. The van der Waals surface area contributed by atoms with Crippen LogP contribution in [0.1, 0.15) is 55.6 Å². The average molecular weight is 685 g/mol. The summed E-state index contributed by atoms with van der Waals surface area (Å²) >= 11 is 0. The zero-order valence-electron chi connectivity index (χ0n) is 28.5. The van der Waals surface area contributed by atoms with E-state index < -0.39 is 0 Å². The second-order valence-corrected chi connectivity index (χ2v) is 12.3. The van der Waals surface area contributed by atoms with Gasteiger partial charge in [-0.25, -0.2) is 9.69 Å². The molecule has 7 rings (SSSR count). The molecule has 6 nitrogen and oxygen atoms in total. The Hall–Kier alpha value is -8.52. The van der Waals surface area contributed by atoms with Gasteiger partial charge in [-0.15, -0.1) is 0 Å². The molecule has 0 saturated heterocycles. The number of benzene rings is 6. The molecule has 1 aliphatic carbocycles. The summed E-state index contributed by atoms with van der Waals surface area (Å²) in [5.74, 6) is 0. The summed E-state index contributed by atoms with van der Waals surface area (Å²) in [7, 11) is 0. The Kier molecular flexibility index (Phi) is 9.28. The smallest absolute Gasteiger partial charge is 0.187 e. The highest BCUT2D eigenvalue weighted by Crippen LogP contribution is 2.59. The number of nitriles is 4. The van der Waals surface area contributed by atoms with Gasteiger partial charge in [0, 0.05) is 0 Å². The molecule has 6 aromatic rings. The van der Waals surface area contributed by atoms with E-state index in [0.29, 0.717) is 33.6 Å². The van der Waals surface area contributed by atoms with Gasteiger partial charge in [0.15, 0.2) is 11.4 Å². The van der Waals surface area contributed by atoms with Gasteiger partial charge in [-0.1, -0.05) is 97.1 Å². The van der Waals surface area contributed by atoms with E-state index in [0.717, 1.165) is 66.8 Å². The predicted octanol–water partition coefficient (Wildman–Crippen LogP) is 11.1. The highest BCUT2D eigenvalue weighted by Gasteiger charge is 2.41. The lowest BCUT2D eigenvalue weighted by molar-refractivity contribution is 1.45. The first kappa shape index (κ1) is 34.0. The number of nitrogens with zero attached hydrogens (tertiary/aromatic N) is 6. The van der Waals surface area contributed by atoms with E-state index in [-0.39, 0.29) is 0 Å². The molecule has 54 heavy (non-hydrogen) atoms. The van der Waals surface area contributed by atoms with Crippen LogP contribution in [-0.2, 0) is 0 Å². The van der Waals surface area contributed by atoms with Gasteiger partial charge < -0.3 is 0 Å². The Balaban J connectivity index is 1.69. The summed E-state index contributed by atoms with van der Waals surface area (Å²) in [5.41, 5.74) is 13.6. The van der Waals surface area contributed by atoms with Gasteiger partial charge in [0.2, 0.25) is 0 Å². The molecule has 0 aliphatic heterocycles. The van der Waals surface area contributed by atoms with Crippen molar-refractivity contribution < 1.29 is 0 Å². The molecule has 1 saturated carbocycles. The quantitative estimate of drug-likeness (QED) is 0.163. The average Bonchev–Trinajstić information content (AvgIpc) is 3.94. The minimum Gasteiger partial charge on any atom is -0.238 e. The molecular weight excluding hydrogens is 661 g/mol. The van der Waals surface area contributed by atoms with Crippen molar-refractivity contribution in [2.75, 3.05) is 0 Å². The van der Waals surface area contributed by atoms with Gasteiger partial charge >= 0.3 is 0 Å². The van der Waals surface area contributed by atoms with Crippen LogP contribution >= 0.6 is 0 Å². The highest BCUT2D eigenvalue weighted by molar-refractivity contribution is 6.13. The molecule has 0 heterocycles. The van der Waals surface area contributed by atoms with Crippen LogP contribution in [0.2, 0.25) is 0 Å². The Morgan fingerprint density at radius 2 is 0.500 bits per heavy atom. The fourth-order valence-corrected chi connectivity index (χ4v) is 6.55. The molecule has 0 radical (unpaired) electrons. The van der Waals surface area contributed by atoms with Crippen LogP contribution in [0.15, 0.2) is 162 Å². The van der Waals surface area contributed by atoms with Gasteiger partial charge in [-0.3, -0.25) is 0 Å². The summed E-state index contributed by atoms with van der Waals surface area (Å²) in [6, 6.07) is 53.3. The Labute approximate surface area is 313 Å². The lowest BCUT2D eigenvalue weighted by atomic mass is 9.93. The second-order valence-electron chi connectivity index (χ2n) is 12.3. The summed E-state index contributed by atoms with van der Waals surface area (Å²) in [5, 5.41) is 38.6. The largest absolute Gasteiger partial charge is 0.238 e. The number of hydrogen-bond donors (Lipinski definition) is 0. The molecule has 246 valence electrons. The molecule has 6 heteroatoms. The first-order valence-electron chi connectivity index (χ1n) is 16.7. The third kappa shape index (κ3) is 6.55. The minimum absolute atomic E-state index is 0.499. The van der Waals surface area contributed by atoms with E-state index in [1.807, 2.05) is 72.8 Å². The van der Waals surface area contributed by atoms with Crippen molar-refractivity contribution in [2.24, 2.45) is 0 Å². The van der Waals surface area contributed by atoms with E-state index in [2.05, 4.69) is 34.0 Å². The van der Waals surface area contributed by atoms with Gasteiger partial charge in [-0.2, -0.15) is 21.0 Å². The van der Waals surface area contributed by atoms with E-state index >= 15 is 0 Å². The van der Waals surface area contributed by atoms with E-state index in [1.54, 1.807) is 72.8 Å². The van der Waals surface area contributed by atoms with E-state index in [9.17, 15) is 21.0 Å². The van der Waals surface area contributed by atoms with Crippen molar-refractivity contribution in [3.8, 4) is 24.3 Å². The zero-order valence-corrected chi connectivity index (χ0v) is 28.5. The monoisotopic (exact) mass is 684 g/mol. The van der Waals surface area contributed by atoms with Crippen molar-refractivity contribution in [3.05, 3.63) is 241 Å². The standard InChI is InChI=1S/C48H24N6/c1-53-41-23-19-39(20-24-41)44(37-15-7-33(29-51)8-16-37)47-46(43(35-11-3-31(27-49)4-12-35)36-13-5-32(28-50)6-14-36)48(47)45(38-17-9-34(30-52)10-18-38)40-21-25-42(54-2)26-22-40/h3-26H. The van der Waals surface area contributed by atoms with Gasteiger partial charge in [-0.05, 0) is 115 Å². The van der Waals surface area contributed by atoms with Crippen molar-refractivity contribution in [3.63, 3.8) is 0 Å². The Bertz CT molecular complexity index is 2290. The van der Waals surface area contributed by atoms with Crippen molar-refractivity contribution in [1.29, 1.82) is 21.0 Å². The molecule has 0 amide bonds. The maximum Gasteiger partial charge on any atom is 0.187 e. The van der Waals surface area contributed by atoms with Gasteiger partial charge in [0.1, 0.15) is 0 Å². The SMILES string of the molecule is [C-]#[N+]c1ccc(C(=C2C(=C(c3ccc(C#N)cc3)c3ccc(C#N)cc3)C2=C(c2ccc(C#N)cc2)c2ccc([N+]#[C-])cc2)c2ccc(C#N)cc2)cc1. The number of hydrogen-bond acceptors (Lipinski definition) is 4. The highest BCUT2D eigenvalue weighted by atomic mass is 14.6. The maximum atomic E-state index is 9.66. The van der Waals surface area contributed by atoms with E-state index in [4.69, 9.17) is 13.1 Å². The molecule has 1 aliphatic rings. The molecule has 0 atom stereocenters. The summed E-state index contributed by atoms with van der Waals surface area (Å²) in [6.45, 7) is 15.2. The molecule has 0 unspecified atom stereocenters. The fraction of sp³-hybridized carbons (Fsp3) is 0. The number of rotatable bonds is 6. The second kappa shape index (κ2) is 14.8. The molecule has 1 fully saturated rings. The van der Waals surface area contributed by atoms with Crippen LogP contribution in [0, 0.1) is 58.5 Å². The van der Waals surface area contributed by atoms with Crippen molar-refractivity contribution >= 4 is 28.1 Å². The van der Waals surface area contributed by atoms with Crippen LogP contribution in [0.4, 0.5) is 11.4 Å². The Morgan fingerprint density at radius 1 is 0.315 bits per heavy atom. The molecule has 0 bridgehead atoms. The molecule has 0 aromatic heterocycles. The van der Waals surface area contributed by atoms with Crippen LogP contribution in [0.3, 0.4) is 0 Å². The van der Waals surface area contributed by atoms with Crippen LogP contribution in [0.5, 0.6) is 0 Å². The third-order valence-electron chi connectivity index (χ3n) is 9.22. The molecule has 0 N–H and O–H groups in total. The minimum atomic E-state index is 0.499. The zero-order chi connectivity index (χ0) is 37.6. The maximum absolute atomic E-state index is 9.66. The van der Waals surface area contributed by atoms with Crippen LogP contribution in [-0.4, -0.2) is 0 Å². The lowest BCUT2D eigenvalue weighted by Crippen LogP contribution is -1.91. The van der Waals surface area contributed by atoms with Crippen molar-refractivity contribution in [1.82, 2.24) is 0 Å². The van der Waals surface area contributed by atoms with E-state index in [1.165, 1.54) is 0 Å². The van der Waals surface area contributed by atoms with Crippen molar-refractivity contribution in [2.45, 2.75) is 0 Å². The number of allylic oxidation sites excluding steroid dienone is 3. The summed E-state index contributed by atoms with van der Waals surface area (Å²) in [4.78, 5) is 7.24. The molecular formula is C48H24N6. The first-order chi connectivity index (χ1) is 26.5. The summed E-state index contributed by atoms with van der Waals surface area (Å²) in [6.07, 6.45) is 0. The van der Waals surface area contributed by atoms with Gasteiger partial charge in [0.05, 0.1) is 59.7 Å².